The molecule has 2 aliphatic rings. The summed E-state index contributed by atoms with van der Waals surface area (Å²) in [6, 6.07) is 13.6. The second-order valence-electron chi connectivity index (χ2n) is 15.0. The first-order valence-corrected chi connectivity index (χ1v) is 23.2. The Morgan fingerprint density at radius 3 is 2.03 bits per heavy atom. The molecule has 4 rings (SSSR count). The molecule has 13 nitrogen and oxygen atoms in total. The second-order valence-corrected chi connectivity index (χ2v) is 16.7. The van der Waals surface area contributed by atoms with Gasteiger partial charge in [-0.3, -0.25) is 24.1 Å². The number of aldehydes is 1. The molecule has 2 aromatic carbocycles. The van der Waals surface area contributed by atoms with Gasteiger partial charge in [-0.2, -0.15) is 0 Å². The fraction of sp³-hybridized carbons (Fsp3) is 0.591. The molecule has 2 aromatic rings. The number of imide groups is 1. The molecule has 0 spiro atoms. The molecule has 1 fully saturated rings. The van der Waals surface area contributed by atoms with E-state index in [1.165, 1.54) is 69.2 Å². The Balaban J connectivity index is 0.00000237. The van der Waals surface area contributed by atoms with Gasteiger partial charge >= 0.3 is 10.6 Å². The molecule has 0 saturated carbocycles. The summed E-state index contributed by atoms with van der Waals surface area (Å²) in [6.07, 6.45) is 20.7. The average Bonchev–Trinajstić information content (AvgIpc) is 3.67. The predicted octanol–water partition coefficient (Wildman–Crippen LogP) is 7.40. The van der Waals surface area contributed by atoms with E-state index in [1.807, 2.05) is 42.5 Å². The van der Waals surface area contributed by atoms with Crippen molar-refractivity contribution < 1.29 is 78.8 Å². The third kappa shape index (κ3) is 20.1. The normalized spacial score (nSPS) is 14.9. The van der Waals surface area contributed by atoms with Gasteiger partial charge in [0.1, 0.15) is 6.29 Å². The number of ether oxygens (including phenoxy) is 1. The first kappa shape index (κ1) is 52.9. The van der Waals surface area contributed by atoms with Crippen LogP contribution in [-0.2, 0) is 76.8 Å². The minimum atomic E-state index is -3.11. The Kier molecular flexibility index (Phi) is 27.8. The van der Waals surface area contributed by atoms with E-state index in [9.17, 15) is 28.8 Å². The van der Waals surface area contributed by atoms with Crippen molar-refractivity contribution in [2.45, 2.75) is 140 Å². The number of hydrogen-bond donors (Lipinski definition) is 2. The van der Waals surface area contributed by atoms with Crippen LogP contribution in [0.25, 0.3) is 11.1 Å². The number of nitrogens with one attached hydrogen (secondary N) is 2. The number of anilines is 1. The summed E-state index contributed by atoms with van der Waals surface area (Å²) in [5, 5.41) is 5.52. The summed E-state index contributed by atoms with van der Waals surface area (Å²) < 4.78 is 30.3. The van der Waals surface area contributed by atoms with Crippen LogP contribution in [0.4, 0.5) is 5.69 Å². The molecule has 2 unspecified atom stereocenters. The van der Waals surface area contributed by atoms with Crippen LogP contribution in [0.3, 0.4) is 0 Å². The van der Waals surface area contributed by atoms with Crippen LogP contribution >= 0.6 is 11.8 Å². The molecule has 327 valence electrons. The van der Waals surface area contributed by atoms with Crippen LogP contribution in [0, 0.1) is 0 Å². The largest absolute Gasteiger partial charge is 0.652 e. The van der Waals surface area contributed by atoms with Crippen LogP contribution < -0.4 is 10.6 Å². The van der Waals surface area contributed by atoms with Gasteiger partial charge in [0.05, 0.1) is 11.9 Å². The fourth-order valence-electron chi connectivity index (χ4n) is 7.54. The van der Waals surface area contributed by atoms with E-state index in [1.54, 1.807) is 11.8 Å². The number of fused-ring (bicyclic) bond motifs is 3. The van der Waals surface area contributed by atoms with Gasteiger partial charge in [0, 0.05) is 83.1 Å². The maximum absolute atomic E-state index is 13.0. The summed E-state index contributed by atoms with van der Waals surface area (Å²) in [5.41, 5.74) is 4.73. The van der Waals surface area contributed by atoms with Crippen molar-refractivity contribution in [3.63, 3.8) is 0 Å². The van der Waals surface area contributed by atoms with Gasteiger partial charge in [-0.1, -0.05) is 114 Å². The predicted molar refractivity (Wildman–Crippen MR) is 228 cm³/mol. The van der Waals surface area contributed by atoms with Gasteiger partial charge in [-0.25, -0.2) is 0 Å². The van der Waals surface area contributed by atoms with Crippen LogP contribution in [0.1, 0.15) is 145 Å². The van der Waals surface area contributed by atoms with E-state index in [0.29, 0.717) is 25.1 Å². The van der Waals surface area contributed by atoms with E-state index in [4.69, 9.17) is 17.4 Å². The second kappa shape index (κ2) is 31.6. The molecule has 2 atom stereocenters. The quantitative estimate of drug-likeness (QED) is 0.0344. The van der Waals surface area contributed by atoms with Crippen molar-refractivity contribution in [2.75, 3.05) is 30.8 Å². The molecule has 1 heterocycles. The van der Waals surface area contributed by atoms with E-state index in [-0.39, 0.29) is 93.5 Å². The Hall–Kier alpha value is -3.27. The van der Waals surface area contributed by atoms with Crippen LogP contribution in [0.5, 0.6) is 0 Å². The van der Waals surface area contributed by atoms with Crippen LogP contribution in [-0.4, -0.2) is 84.6 Å². The first-order chi connectivity index (χ1) is 28.7. The third-order valence-corrected chi connectivity index (χ3v) is 11.9. The zero-order chi connectivity index (χ0) is 42.7. The van der Waals surface area contributed by atoms with E-state index < -0.39 is 10.6 Å². The molecule has 1 aliphatic carbocycles. The van der Waals surface area contributed by atoms with Gasteiger partial charge < -0.3 is 25.0 Å². The number of carbonyl (C=O) groups is 5. The van der Waals surface area contributed by atoms with E-state index >= 15 is 0 Å². The zero-order valence-corrected chi connectivity index (χ0v) is 39.1. The molecule has 1 aliphatic heterocycles. The van der Waals surface area contributed by atoms with Crippen LogP contribution in [0.2, 0.25) is 0 Å². The topological polar surface area (TPSA) is 190 Å². The number of carbonyl (C=O) groups excluding carboxylic acids is 6. The summed E-state index contributed by atoms with van der Waals surface area (Å²) in [4.78, 5) is 72.8. The molecule has 16 heteroatoms. The van der Waals surface area contributed by atoms with E-state index in [0.717, 1.165) is 79.2 Å². The van der Waals surface area contributed by atoms with Gasteiger partial charge in [0.15, 0.2) is 0 Å². The molecule has 2 N–H and O–H groups in total. The monoisotopic (exact) mass is 943 g/mol. The molecule has 60 heavy (non-hydrogen) atoms. The Morgan fingerprint density at radius 2 is 1.38 bits per heavy atom. The van der Waals surface area contributed by atoms with Crippen molar-refractivity contribution in [1.29, 1.82) is 0 Å². The Bertz CT molecular complexity index is 1770. The standard InChI is InChI=1S/C44H60N3O7S.O3S.Y/c48-28-18-12-11-17-26-45-41(50)22-14-10-8-6-4-2-1-3-5-7-9-13-19-29-55-40-31-43(52)47(44(40)53)27-25-42(51)46-34-23-24-37-35-20-15-16-21-36(35)39(32-54-33-49)38(37)30-34;1-4(2)3;/h15-16,20-21,23-24,28,30,39-40H,1-14,17-19,22,25-27,29,31-32H2,(H,45,50)(H,46,51);;/q-1;;. The smallest absolute Gasteiger partial charge is 0.425 e. The van der Waals surface area contributed by atoms with Crippen LogP contribution in [0.15, 0.2) is 42.5 Å². The van der Waals surface area contributed by atoms with Crippen molar-refractivity contribution in [2.24, 2.45) is 0 Å². The molecular formula is C44H60N3O10S2Y-. The average molecular weight is 944 g/mol. The van der Waals surface area contributed by atoms with Crippen molar-refractivity contribution in [3.05, 3.63) is 53.6 Å². The van der Waals surface area contributed by atoms with Gasteiger partial charge in [0.2, 0.25) is 23.6 Å². The maximum atomic E-state index is 13.0. The Morgan fingerprint density at radius 1 is 0.783 bits per heavy atom. The van der Waals surface area contributed by atoms with Gasteiger partial charge in [0.25, 0.3) is 0 Å². The maximum Gasteiger partial charge on any atom is 0.425 e. The molecule has 0 bridgehead atoms. The van der Waals surface area contributed by atoms with Crippen molar-refractivity contribution >= 4 is 64.4 Å². The number of benzene rings is 2. The number of nitrogens with zero attached hydrogens (tertiary/aromatic N) is 1. The summed E-state index contributed by atoms with van der Waals surface area (Å²) in [6.45, 7) is 2.45. The number of hydrogen-bond acceptors (Lipinski definition) is 11. The van der Waals surface area contributed by atoms with Crippen molar-refractivity contribution in [1.82, 2.24) is 10.2 Å². The molecule has 1 radical (unpaired) electrons. The van der Waals surface area contributed by atoms with Gasteiger partial charge in [-0.15, -0.1) is 24.4 Å². The molecule has 4 amide bonds. The number of thioether (sulfide) groups is 1. The minimum absolute atomic E-state index is 0. The summed E-state index contributed by atoms with van der Waals surface area (Å²) in [5.74, 6) is 0.176. The first-order valence-electron chi connectivity index (χ1n) is 21.1. The zero-order valence-electron chi connectivity index (χ0n) is 34.7. The number of rotatable bonds is 30. The number of unbranched alkanes of at least 4 members (excludes halogenated alkanes) is 15. The minimum Gasteiger partial charge on any atom is -0.652 e. The number of likely N-dealkylation sites (tertiary alicyclic amines) is 1. The SMILES string of the molecule is O=S(=O)=O.O=[C-]OCC1c2ccccc2-c2ccc(NC(=O)CCN3C(=O)CC(SCCCCCCCCCCCCCCCC(=O)NCCCCCC=O)C3=O)cc21.[Y]. The molecule has 0 aromatic heterocycles. The molecule has 1 saturated heterocycles. The van der Waals surface area contributed by atoms with Gasteiger partial charge in [-0.05, 0) is 65.8 Å². The number of amides is 4. The summed E-state index contributed by atoms with van der Waals surface area (Å²) >= 11 is 1.56. The van der Waals surface area contributed by atoms with E-state index in [2.05, 4.69) is 10.6 Å². The third-order valence-electron chi connectivity index (χ3n) is 10.6. The Labute approximate surface area is 386 Å². The fourth-order valence-corrected chi connectivity index (χ4v) is 8.73. The summed E-state index contributed by atoms with van der Waals surface area (Å²) in [7, 11) is -3.11. The molecular weight excluding hydrogens is 884 g/mol. The van der Waals surface area contributed by atoms with Crippen molar-refractivity contribution in [3.8, 4) is 11.1 Å².